The van der Waals surface area contributed by atoms with Gasteiger partial charge in [0, 0.05) is 31.9 Å². The van der Waals surface area contributed by atoms with Crippen molar-refractivity contribution in [2.45, 2.75) is 26.2 Å². The van der Waals surface area contributed by atoms with Gasteiger partial charge in [0.1, 0.15) is 0 Å². The number of anilines is 1. The van der Waals surface area contributed by atoms with Crippen molar-refractivity contribution >= 4 is 34.6 Å². The number of carbonyl (C=O) groups excluding carboxylic acids is 1. The molecule has 29 heavy (non-hydrogen) atoms. The Morgan fingerprint density at radius 3 is 2.14 bits per heavy atom. The van der Waals surface area contributed by atoms with E-state index in [1.165, 1.54) is 23.0 Å². The van der Waals surface area contributed by atoms with E-state index in [4.69, 9.17) is 0 Å². The summed E-state index contributed by atoms with van der Waals surface area (Å²) in [6.45, 7) is 10.2. The maximum Gasteiger partial charge on any atom is 0.286 e. The number of rotatable bonds is 2. The van der Waals surface area contributed by atoms with Gasteiger partial charge in [-0.25, -0.2) is 0 Å². The van der Waals surface area contributed by atoms with E-state index in [0.717, 1.165) is 36.9 Å². The average Bonchev–Trinajstić information content (AvgIpc) is 3.09. The summed E-state index contributed by atoms with van der Waals surface area (Å²) in [7, 11) is 0. The van der Waals surface area contributed by atoms with Crippen LogP contribution in [0.25, 0.3) is 6.08 Å². The second-order valence-electron chi connectivity index (χ2n) is 8.49. The zero-order chi connectivity index (χ0) is 20.4. The van der Waals surface area contributed by atoms with Gasteiger partial charge in [0.05, 0.1) is 4.91 Å². The quantitative estimate of drug-likeness (QED) is 0.674. The summed E-state index contributed by atoms with van der Waals surface area (Å²) in [5.41, 5.74) is 3.71. The van der Waals surface area contributed by atoms with Crippen LogP contribution in [0.1, 0.15) is 31.9 Å². The summed E-state index contributed by atoms with van der Waals surface area (Å²) in [4.78, 5) is 22.1. The third-order valence-corrected chi connectivity index (χ3v) is 6.40. The predicted molar refractivity (Wildman–Crippen MR) is 123 cm³/mol. The van der Waals surface area contributed by atoms with Crippen LogP contribution in [0.5, 0.6) is 0 Å². The summed E-state index contributed by atoms with van der Waals surface area (Å²) in [5.74, 6) is -0.129. The van der Waals surface area contributed by atoms with E-state index in [-0.39, 0.29) is 11.3 Å². The highest BCUT2D eigenvalue weighted by atomic mass is 32.2. The van der Waals surface area contributed by atoms with Crippen LogP contribution in [0.3, 0.4) is 0 Å². The number of benzene rings is 2. The molecule has 1 amide bonds. The first kappa shape index (κ1) is 19.8. The van der Waals surface area contributed by atoms with Crippen molar-refractivity contribution in [2.24, 2.45) is 4.99 Å². The second kappa shape index (κ2) is 8.07. The maximum absolute atomic E-state index is 12.4. The lowest BCUT2D eigenvalue weighted by atomic mass is 9.87. The van der Waals surface area contributed by atoms with Gasteiger partial charge in [0.2, 0.25) is 0 Å². The Balaban J connectivity index is 1.39. The lowest BCUT2D eigenvalue weighted by Crippen LogP contribution is -2.47. The highest BCUT2D eigenvalue weighted by Crippen LogP contribution is 2.31. The predicted octanol–water partition coefficient (Wildman–Crippen LogP) is 4.78. The van der Waals surface area contributed by atoms with Gasteiger partial charge < -0.3 is 9.80 Å². The molecule has 1 saturated heterocycles. The van der Waals surface area contributed by atoms with E-state index in [1.54, 1.807) is 0 Å². The van der Waals surface area contributed by atoms with Crippen molar-refractivity contribution in [3.05, 3.63) is 70.6 Å². The van der Waals surface area contributed by atoms with Crippen molar-refractivity contribution in [3.8, 4) is 0 Å². The van der Waals surface area contributed by atoms with E-state index < -0.39 is 0 Å². The minimum absolute atomic E-state index is 0.127. The van der Waals surface area contributed by atoms with Crippen molar-refractivity contribution in [2.75, 3.05) is 31.1 Å². The van der Waals surface area contributed by atoms with E-state index in [2.05, 4.69) is 84.1 Å². The van der Waals surface area contributed by atoms with Crippen LogP contribution in [-0.4, -0.2) is 42.2 Å². The van der Waals surface area contributed by atoms with Gasteiger partial charge in [0.25, 0.3) is 5.91 Å². The number of amidine groups is 1. The summed E-state index contributed by atoms with van der Waals surface area (Å²) in [6, 6.07) is 18.9. The molecule has 2 heterocycles. The van der Waals surface area contributed by atoms with Gasteiger partial charge in [-0.05, 0) is 46.5 Å². The molecule has 0 bridgehead atoms. The molecule has 2 aliphatic heterocycles. The second-order valence-corrected chi connectivity index (χ2v) is 9.50. The lowest BCUT2D eigenvalue weighted by Gasteiger charge is -2.36. The van der Waals surface area contributed by atoms with Crippen molar-refractivity contribution in [3.63, 3.8) is 0 Å². The molecule has 4 rings (SSSR count). The number of hydrogen-bond acceptors (Lipinski definition) is 4. The molecule has 0 saturated carbocycles. The molecule has 5 heteroatoms. The molecule has 0 N–H and O–H groups in total. The van der Waals surface area contributed by atoms with Crippen molar-refractivity contribution in [1.29, 1.82) is 0 Å². The molecule has 0 unspecified atom stereocenters. The monoisotopic (exact) mass is 405 g/mol. The molecule has 0 aromatic heterocycles. The van der Waals surface area contributed by atoms with Gasteiger partial charge in [-0.15, -0.1) is 0 Å². The van der Waals surface area contributed by atoms with Crippen LogP contribution in [0.2, 0.25) is 0 Å². The number of carbonyl (C=O) groups is 1. The standard InChI is InChI=1S/C24H27N3OS/c1-24(2,3)19-11-9-18(10-12-19)17-21-22(28)25-23(29-21)27-15-13-26(14-16-27)20-7-5-4-6-8-20/h4-12,17H,13-16H2,1-3H3. The number of piperazine rings is 1. The number of aliphatic imine (C=N–C) groups is 1. The molecule has 2 aromatic carbocycles. The number of nitrogens with zero attached hydrogens (tertiary/aromatic N) is 3. The minimum atomic E-state index is -0.129. The van der Waals surface area contributed by atoms with Gasteiger partial charge in [-0.2, -0.15) is 4.99 Å². The first-order chi connectivity index (χ1) is 13.9. The zero-order valence-corrected chi connectivity index (χ0v) is 18.1. The van der Waals surface area contributed by atoms with Crippen molar-refractivity contribution in [1.82, 2.24) is 4.90 Å². The van der Waals surface area contributed by atoms with E-state index in [0.29, 0.717) is 4.91 Å². The Morgan fingerprint density at radius 1 is 0.897 bits per heavy atom. The molecule has 2 aliphatic rings. The highest BCUT2D eigenvalue weighted by molar-refractivity contribution is 8.18. The zero-order valence-electron chi connectivity index (χ0n) is 17.3. The molecule has 150 valence electrons. The molecule has 4 nitrogen and oxygen atoms in total. The fourth-order valence-electron chi connectivity index (χ4n) is 3.56. The van der Waals surface area contributed by atoms with Gasteiger partial charge >= 0.3 is 0 Å². The van der Waals surface area contributed by atoms with Crippen LogP contribution in [0.4, 0.5) is 5.69 Å². The average molecular weight is 406 g/mol. The first-order valence-corrected chi connectivity index (χ1v) is 10.9. The van der Waals surface area contributed by atoms with Crippen LogP contribution in [-0.2, 0) is 10.2 Å². The Kier molecular flexibility index (Phi) is 5.50. The number of thioether (sulfide) groups is 1. The molecule has 1 fully saturated rings. The summed E-state index contributed by atoms with van der Waals surface area (Å²) >= 11 is 1.50. The summed E-state index contributed by atoms with van der Waals surface area (Å²) < 4.78 is 0. The topological polar surface area (TPSA) is 35.9 Å². The first-order valence-electron chi connectivity index (χ1n) is 10.1. The summed E-state index contributed by atoms with van der Waals surface area (Å²) in [6.07, 6.45) is 1.95. The van der Waals surface area contributed by atoms with E-state index in [9.17, 15) is 4.79 Å². The fraction of sp³-hybridized carbons (Fsp3) is 0.333. The van der Waals surface area contributed by atoms with Crippen LogP contribution < -0.4 is 4.90 Å². The SMILES string of the molecule is CC(C)(C)c1ccc(C=C2SC(N3CCN(c4ccccc4)CC3)=NC2=O)cc1. The Hall–Kier alpha value is -2.53. The Bertz CT molecular complexity index is 934. The van der Waals surface area contributed by atoms with E-state index in [1.807, 2.05) is 12.1 Å². The molecule has 0 spiro atoms. The number of para-hydroxylation sites is 1. The molecular formula is C24H27N3OS. The largest absolute Gasteiger partial charge is 0.368 e. The molecule has 0 aliphatic carbocycles. The lowest BCUT2D eigenvalue weighted by molar-refractivity contribution is -0.113. The molecule has 0 atom stereocenters. The highest BCUT2D eigenvalue weighted by Gasteiger charge is 2.28. The number of amides is 1. The maximum atomic E-state index is 12.4. The van der Waals surface area contributed by atoms with Crippen LogP contribution in [0, 0.1) is 0 Å². The van der Waals surface area contributed by atoms with E-state index >= 15 is 0 Å². The van der Waals surface area contributed by atoms with Crippen LogP contribution >= 0.6 is 11.8 Å². The third-order valence-electron chi connectivity index (χ3n) is 5.36. The minimum Gasteiger partial charge on any atom is -0.368 e. The molecular weight excluding hydrogens is 378 g/mol. The Morgan fingerprint density at radius 2 is 1.52 bits per heavy atom. The van der Waals surface area contributed by atoms with Gasteiger partial charge in [-0.3, -0.25) is 4.79 Å². The summed E-state index contributed by atoms with van der Waals surface area (Å²) in [5, 5.41) is 0.834. The number of hydrogen-bond donors (Lipinski definition) is 0. The van der Waals surface area contributed by atoms with Crippen molar-refractivity contribution < 1.29 is 4.79 Å². The smallest absolute Gasteiger partial charge is 0.286 e. The molecule has 0 radical (unpaired) electrons. The molecule has 2 aromatic rings. The van der Waals surface area contributed by atoms with Crippen LogP contribution in [0.15, 0.2) is 64.5 Å². The Labute approximate surface area is 177 Å². The van der Waals surface area contributed by atoms with Gasteiger partial charge in [0.15, 0.2) is 5.17 Å². The van der Waals surface area contributed by atoms with Gasteiger partial charge in [-0.1, -0.05) is 63.2 Å². The third kappa shape index (κ3) is 4.56. The fourth-order valence-corrected chi connectivity index (χ4v) is 4.52. The normalized spacial score (nSPS) is 19.1.